The van der Waals surface area contributed by atoms with Crippen LogP contribution in [-0.4, -0.2) is 41.7 Å². The minimum absolute atomic E-state index is 0. The maximum Gasteiger partial charge on any atom is 0.0428 e. The van der Waals surface area contributed by atoms with Gasteiger partial charge >= 0.3 is 0 Å². The molecule has 0 aliphatic rings. The zero-order valence-electron chi connectivity index (χ0n) is 11.9. The molecule has 0 fully saturated rings. The van der Waals surface area contributed by atoms with E-state index in [1.54, 1.807) is 0 Å². The fraction of sp³-hybridized carbons (Fsp3) is 1.00. The van der Waals surface area contributed by atoms with Crippen molar-refractivity contribution in [2.75, 3.05) is 26.4 Å². The molecule has 0 saturated heterocycles. The van der Waals surface area contributed by atoms with Gasteiger partial charge in [-0.05, 0) is 19.3 Å². The molecule has 0 radical (unpaired) electrons. The number of aliphatic hydroxyl groups excluding tert-OH is 3. The quantitative estimate of drug-likeness (QED) is 0.678. The summed E-state index contributed by atoms with van der Waals surface area (Å²) >= 11 is 0. The van der Waals surface area contributed by atoms with Crippen molar-refractivity contribution < 1.29 is 62.2 Å². The van der Waals surface area contributed by atoms with Crippen molar-refractivity contribution in [2.45, 2.75) is 53.4 Å². The summed E-state index contributed by atoms with van der Waals surface area (Å²) in [5, 5.41) is 32.9. The summed E-state index contributed by atoms with van der Waals surface area (Å²) in [6.07, 6.45) is 3.39. The van der Waals surface area contributed by atoms with Gasteiger partial charge in [0.1, 0.15) is 0 Å². The van der Waals surface area contributed by atoms with Crippen LogP contribution in [0, 0.1) is 41.7 Å². The van der Waals surface area contributed by atoms with E-state index in [4.69, 9.17) is 15.3 Å². The second-order valence-corrected chi connectivity index (χ2v) is 2.87. The van der Waals surface area contributed by atoms with Crippen molar-refractivity contribution in [1.82, 2.24) is 0 Å². The molecule has 108 valence electrons. The van der Waals surface area contributed by atoms with E-state index in [0.29, 0.717) is 19.8 Å². The monoisotopic (exact) mass is 379 g/mol. The predicted octanol–water partition coefficient (Wildman–Crippen LogP) is 0.923. The standard InChI is InChI=1S/3C3H8O.C3H7O.Ce/c4*1-2-3-4;/h3*4H,2-3H2,1H3;2-3H2,1H3;/q;;;-1;. The Labute approximate surface area is 141 Å². The average Bonchev–Trinajstić information content (AvgIpc) is 2.39. The number of hydrogen-bond acceptors (Lipinski definition) is 4. The summed E-state index contributed by atoms with van der Waals surface area (Å²) < 4.78 is 0. The first-order valence-corrected chi connectivity index (χ1v) is 6.07. The van der Waals surface area contributed by atoms with Crippen molar-refractivity contribution >= 4 is 0 Å². The Morgan fingerprint density at radius 2 is 0.765 bits per heavy atom. The Bertz CT molecular complexity index is 42.5. The van der Waals surface area contributed by atoms with Crippen LogP contribution in [0.25, 0.3) is 0 Å². The topological polar surface area (TPSA) is 83.8 Å². The maximum atomic E-state index is 9.30. The first kappa shape index (κ1) is 30.9. The van der Waals surface area contributed by atoms with E-state index >= 15 is 0 Å². The van der Waals surface area contributed by atoms with Crippen LogP contribution in [0.2, 0.25) is 0 Å². The predicted molar refractivity (Wildman–Crippen MR) is 67.3 cm³/mol. The molecule has 0 aliphatic carbocycles. The summed E-state index contributed by atoms with van der Waals surface area (Å²) in [6.45, 7) is 8.69. The zero-order chi connectivity index (χ0) is 13.7. The van der Waals surface area contributed by atoms with Crippen molar-refractivity contribution in [3.05, 3.63) is 0 Å². The molecule has 0 saturated carbocycles. The van der Waals surface area contributed by atoms with E-state index in [1.807, 2.05) is 27.7 Å². The molecule has 4 nitrogen and oxygen atoms in total. The molecule has 5 heteroatoms. The largest absolute Gasteiger partial charge is 0.854 e. The molecule has 0 bridgehead atoms. The summed E-state index contributed by atoms with van der Waals surface area (Å²) in [4.78, 5) is 0. The molecule has 3 N–H and O–H groups in total. The van der Waals surface area contributed by atoms with Crippen LogP contribution < -0.4 is 5.11 Å². The minimum Gasteiger partial charge on any atom is -0.854 e. The Morgan fingerprint density at radius 1 is 0.647 bits per heavy atom. The molecule has 0 heterocycles. The van der Waals surface area contributed by atoms with E-state index in [-0.39, 0.29) is 48.4 Å². The Balaban J connectivity index is -0.0000000369. The molecule has 0 aromatic rings. The van der Waals surface area contributed by atoms with Gasteiger partial charge in [-0.1, -0.05) is 34.1 Å². The normalized spacial score (nSPS) is 7.06. The van der Waals surface area contributed by atoms with Crippen LogP contribution in [0.5, 0.6) is 0 Å². The third-order valence-electron chi connectivity index (χ3n) is 0.875. The molecular weight excluding hydrogens is 348 g/mol. The molecule has 0 unspecified atom stereocenters. The smallest absolute Gasteiger partial charge is 0.0428 e. The van der Waals surface area contributed by atoms with E-state index in [0.717, 1.165) is 25.7 Å². The van der Waals surface area contributed by atoms with Gasteiger partial charge in [-0.15, -0.1) is 6.61 Å². The first-order chi connectivity index (χ1) is 7.66. The molecular formula is C12H31CeO4-. The molecule has 0 aromatic heterocycles. The molecule has 0 aromatic carbocycles. The molecule has 0 spiro atoms. The van der Waals surface area contributed by atoms with E-state index < -0.39 is 0 Å². The maximum absolute atomic E-state index is 9.30. The Morgan fingerprint density at radius 3 is 0.765 bits per heavy atom. The van der Waals surface area contributed by atoms with Crippen LogP contribution in [0.3, 0.4) is 0 Å². The van der Waals surface area contributed by atoms with E-state index in [1.165, 1.54) is 0 Å². The van der Waals surface area contributed by atoms with Crippen LogP contribution in [0.4, 0.5) is 0 Å². The van der Waals surface area contributed by atoms with Gasteiger partial charge in [0.25, 0.3) is 0 Å². The molecule has 0 atom stereocenters. The fourth-order valence-corrected chi connectivity index (χ4v) is 0. The van der Waals surface area contributed by atoms with Gasteiger partial charge < -0.3 is 20.4 Å². The second kappa shape index (κ2) is 53.3. The third-order valence-corrected chi connectivity index (χ3v) is 0.875. The van der Waals surface area contributed by atoms with Crippen LogP contribution in [0.1, 0.15) is 53.4 Å². The van der Waals surface area contributed by atoms with Crippen LogP contribution >= 0.6 is 0 Å². The van der Waals surface area contributed by atoms with Crippen LogP contribution in [-0.2, 0) is 0 Å². The van der Waals surface area contributed by atoms with Gasteiger partial charge in [0.2, 0.25) is 0 Å². The summed E-state index contributed by atoms with van der Waals surface area (Å²) in [5.41, 5.74) is 0. The fourth-order valence-electron chi connectivity index (χ4n) is 0. The van der Waals surface area contributed by atoms with Gasteiger partial charge in [-0.3, -0.25) is 0 Å². The first-order valence-electron chi connectivity index (χ1n) is 6.07. The van der Waals surface area contributed by atoms with Gasteiger partial charge in [0, 0.05) is 61.6 Å². The van der Waals surface area contributed by atoms with Crippen molar-refractivity contribution in [2.24, 2.45) is 0 Å². The van der Waals surface area contributed by atoms with Gasteiger partial charge in [-0.2, -0.15) is 0 Å². The van der Waals surface area contributed by atoms with Crippen molar-refractivity contribution in [3.63, 3.8) is 0 Å². The zero-order valence-corrected chi connectivity index (χ0v) is 15.0. The van der Waals surface area contributed by atoms with E-state index in [9.17, 15) is 5.11 Å². The number of rotatable bonds is 4. The molecule has 0 rings (SSSR count). The van der Waals surface area contributed by atoms with Crippen molar-refractivity contribution in [1.29, 1.82) is 0 Å². The van der Waals surface area contributed by atoms with Gasteiger partial charge in [0.05, 0.1) is 0 Å². The molecule has 0 aliphatic heterocycles. The Hall–Kier alpha value is 1.22. The summed E-state index contributed by atoms with van der Waals surface area (Å²) in [7, 11) is 0. The van der Waals surface area contributed by atoms with Crippen LogP contribution in [0.15, 0.2) is 0 Å². The minimum atomic E-state index is 0. The number of aliphatic hydroxyl groups is 3. The van der Waals surface area contributed by atoms with Gasteiger partial charge in [-0.25, -0.2) is 0 Å². The van der Waals surface area contributed by atoms with Crippen molar-refractivity contribution in [3.8, 4) is 0 Å². The number of hydrogen-bond donors (Lipinski definition) is 3. The molecule has 17 heavy (non-hydrogen) atoms. The molecule has 0 amide bonds. The van der Waals surface area contributed by atoms with E-state index in [2.05, 4.69) is 0 Å². The summed E-state index contributed by atoms with van der Waals surface area (Å²) in [5.74, 6) is 0. The Kier molecular flexibility index (Phi) is 96.9. The summed E-state index contributed by atoms with van der Waals surface area (Å²) in [6, 6.07) is 0. The SMILES string of the molecule is CCCO.CCCO.CCCO.CCC[O-].[Ce]. The average molecular weight is 379 g/mol. The van der Waals surface area contributed by atoms with Gasteiger partial charge in [0.15, 0.2) is 0 Å². The third kappa shape index (κ3) is 146. The second-order valence-electron chi connectivity index (χ2n) is 2.87.